The molecule has 2 nitrogen and oxygen atoms in total. The number of ether oxygens (including phenoxy) is 1. The summed E-state index contributed by atoms with van der Waals surface area (Å²) >= 11 is 0. The van der Waals surface area contributed by atoms with Crippen molar-refractivity contribution in [2.24, 2.45) is 0 Å². The molecule has 0 aliphatic carbocycles. The molecule has 0 radical (unpaired) electrons. The highest BCUT2D eigenvalue weighted by Crippen LogP contribution is 2.27. The molecule has 0 atom stereocenters. The fraction of sp³-hybridized carbons (Fsp3) is 0.588. The van der Waals surface area contributed by atoms with E-state index in [2.05, 4.69) is 46.8 Å². The summed E-state index contributed by atoms with van der Waals surface area (Å²) in [4.78, 5) is 0. The molecule has 0 aromatic heterocycles. The van der Waals surface area contributed by atoms with E-state index in [1.165, 1.54) is 22.3 Å². The molecule has 1 N–H and O–H groups in total. The SMILES string of the molecule is COC(=N)CCCc1c(C)cc(C(C)(C)C)cc1C. The van der Waals surface area contributed by atoms with Crippen molar-refractivity contribution in [2.75, 3.05) is 7.11 Å². The molecule has 0 fully saturated rings. The maximum Gasteiger partial charge on any atom is 0.180 e. The number of nitrogens with one attached hydrogen (secondary N) is 1. The van der Waals surface area contributed by atoms with E-state index < -0.39 is 0 Å². The summed E-state index contributed by atoms with van der Waals surface area (Å²) in [5.74, 6) is 0.376. The topological polar surface area (TPSA) is 33.1 Å². The van der Waals surface area contributed by atoms with Crippen molar-refractivity contribution in [3.63, 3.8) is 0 Å². The molecule has 1 aromatic rings. The molecule has 19 heavy (non-hydrogen) atoms. The zero-order valence-electron chi connectivity index (χ0n) is 13.2. The van der Waals surface area contributed by atoms with Crippen LogP contribution in [0.15, 0.2) is 12.1 Å². The molecule has 0 spiro atoms. The molecule has 0 heterocycles. The second-order valence-electron chi connectivity index (χ2n) is 6.32. The predicted molar refractivity (Wildman–Crippen MR) is 82.3 cm³/mol. The maximum absolute atomic E-state index is 7.50. The van der Waals surface area contributed by atoms with Gasteiger partial charge in [0.2, 0.25) is 0 Å². The average molecular weight is 261 g/mol. The molecule has 0 aliphatic rings. The molecule has 0 unspecified atom stereocenters. The van der Waals surface area contributed by atoms with Gasteiger partial charge in [-0.2, -0.15) is 0 Å². The average Bonchev–Trinajstić information content (AvgIpc) is 2.30. The van der Waals surface area contributed by atoms with Crippen LogP contribution >= 0.6 is 0 Å². The van der Waals surface area contributed by atoms with E-state index in [0.717, 1.165) is 19.3 Å². The van der Waals surface area contributed by atoms with E-state index in [1.54, 1.807) is 7.11 Å². The predicted octanol–water partition coefficient (Wildman–Crippen LogP) is 4.55. The lowest BCUT2D eigenvalue weighted by atomic mass is 9.83. The minimum absolute atomic E-state index is 0.201. The molecule has 1 aromatic carbocycles. The smallest absolute Gasteiger partial charge is 0.180 e. The van der Waals surface area contributed by atoms with Crippen molar-refractivity contribution in [1.82, 2.24) is 0 Å². The third kappa shape index (κ3) is 4.38. The largest absolute Gasteiger partial charge is 0.484 e. The van der Waals surface area contributed by atoms with Gasteiger partial charge in [-0.1, -0.05) is 32.9 Å². The quantitative estimate of drug-likeness (QED) is 0.626. The minimum Gasteiger partial charge on any atom is -0.484 e. The Morgan fingerprint density at radius 2 is 1.68 bits per heavy atom. The molecule has 0 saturated heterocycles. The number of aryl methyl sites for hydroxylation is 2. The first-order valence-electron chi connectivity index (χ1n) is 6.97. The van der Waals surface area contributed by atoms with Gasteiger partial charge in [0.25, 0.3) is 0 Å². The lowest BCUT2D eigenvalue weighted by Gasteiger charge is -2.22. The van der Waals surface area contributed by atoms with E-state index in [1.807, 2.05) is 0 Å². The maximum atomic E-state index is 7.50. The zero-order chi connectivity index (χ0) is 14.6. The van der Waals surface area contributed by atoms with E-state index in [4.69, 9.17) is 10.1 Å². The highest BCUT2D eigenvalue weighted by molar-refractivity contribution is 5.72. The lowest BCUT2D eigenvalue weighted by Crippen LogP contribution is -2.12. The van der Waals surface area contributed by atoms with Crippen LogP contribution in [0.3, 0.4) is 0 Å². The molecule has 2 heteroatoms. The van der Waals surface area contributed by atoms with Crippen LogP contribution < -0.4 is 0 Å². The van der Waals surface area contributed by atoms with Crippen molar-refractivity contribution < 1.29 is 4.74 Å². The van der Waals surface area contributed by atoms with Gasteiger partial charge in [-0.25, -0.2) is 0 Å². The first-order valence-corrected chi connectivity index (χ1v) is 6.97. The number of benzene rings is 1. The number of hydrogen-bond acceptors (Lipinski definition) is 2. The number of rotatable bonds is 4. The van der Waals surface area contributed by atoms with Gasteiger partial charge in [-0.05, 0) is 54.4 Å². The van der Waals surface area contributed by atoms with Crippen LogP contribution in [0.1, 0.15) is 55.9 Å². The first kappa shape index (κ1) is 15.7. The van der Waals surface area contributed by atoms with Crippen molar-refractivity contribution in [3.8, 4) is 0 Å². The zero-order valence-corrected chi connectivity index (χ0v) is 13.2. The van der Waals surface area contributed by atoms with Crippen molar-refractivity contribution >= 4 is 5.90 Å². The van der Waals surface area contributed by atoms with Gasteiger partial charge >= 0.3 is 0 Å². The molecule has 106 valence electrons. The summed E-state index contributed by atoms with van der Waals surface area (Å²) < 4.78 is 4.90. The standard InChI is InChI=1S/C17H27NO/c1-12-10-14(17(3,4)5)11-13(2)15(12)8-7-9-16(18)19-6/h10-11,18H,7-9H2,1-6H3. The molecule has 0 amide bonds. The first-order chi connectivity index (χ1) is 8.75. The van der Waals surface area contributed by atoms with Crippen LogP contribution in [0.2, 0.25) is 0 Å². The summed E-state index contributed by atoms with van der Waals surface area (Å²) in [7, 11) is 1.57. The Balaban J connectivity index is 2.83. The van der Waals surface area contributed by atoms with Gasteiger partial charge in [0, 0.05) is 6.42 Å². The van der Waals surface area contributed by atoms with Gasteiger partial charge in [0.05, 0.1) is 7.11 Å². The fourth-order valence-electron chi connectivity index (χ4n) is 2.35. The number of methoxy groups -OCH3 is 1. The summed E-state index contributed by atoms with van der Waals surface area (Å²) in [6, 6.07) is 4.62. The molecular formula is C17H27NO. The van der Waals surface area contributed by atoms with Crippen LogP contribution in [0.25, 0.3) is 0 Å². The Labute approximate surface area is 117 Å². The van der Waals surface area contributed by atoms with E-state index >= 15 is 0 Å². The third-order valence-corrected chi connectivity index (χ3v) is 3.64. The highest BCUT2D eigenvalue weighted by Gasteiger charge is 2.16. The summed E-state index contributed by atoms with van der Waals surface area (Å²) in [5.41, 5.74) is 5.77. The second-order valence-corrected chi connectivity index (χ2v) is 6.32. The van der Waals surface area contributed by atoms with Gasteiger partial charge < -0.3 is 4.74 Å². The number of hydrogen-bond donors (Lipinski definition) is 1. The second kappa shape index (κ2) is 6.23. The Morgan fingerprint density at radius 3 is 2.11 bits per heavy atom. The minimum atomic E-state index is 0.201. The molecule has 0 saturated carbocycles. The molecule has 0 aliphatic heterocycles. The van der Waals surface area contributed by atoms with Crippen molar-refractivity contribution in [2.45, 2.75) is 59.3 Å². The van der Waals surface area contributed by atoms with Crippen LogP contribution in [0, 0.1) is 19.3 Å². The summed E-state index contributed by atoms with van der Waals surface area (Å²) in [5, 5.41) is 7.50. The normalized spacial score (nSPS) is 11.5. The molecular weight excluding hydrogens is 234 g/mol. The molecule has 0 bridgehead atoms. The summed E-state index contributed by atoms with van der Waals surface area (Å²) in [6.45, 7) is 11.1. The van der Waals surface area contributed by atoms with E-state index in [-0.39, 0.29) is 5.41 Å². The van der Waals surface area contributed by atoms with E-state index in [0.29, 0.717) is 5.90 Å². The van der Waals surface area contributed by atoms with Gasteiger partial charge in [-0.15, -0.1) is 0 Å². The Kier molecular flexibility index (Phi) is 5.16. The van der Waals surface area contributed by atoms with Crippen molar-refractivity contribution in [1.29, 1.82) is 5.41 Å². The Hall–Kier alpha value is -1.31. The summed E-state index contributed by atoms with van der Waals surface area (Å²) in [6.07, 6.45) is 2.72. The monoisotopic (exact) mass is 261 g/mol. The van der Waals surface area contributed by atoms with Crippen LogP contribution in [-0.2, 0) is 16.6 Å². The highest BCUT2D eigenvalue weighted by atomic mass is 16.5. The molecule has 1 rings (SSSR count). The Bertz CT molecular complexity index is 432. The fourth-order valence-corrected chi connectivity index (χ4v) is 2.35. The van der Waals surface area contributed by atoms with Crippen molar-refractivity contribution in [3.05, 3.63) is 34.4 Å². The van der Waals surface area contributed by atoms with Gasteiger partial charge in [-0.3, -0.25) is 5.41 Å². The van der Waals surface area contributed by atoms with Gasteiger partial charge in [0.1, 0.15) is 0 Å². The van der Waals surface area contributed by atoms with Crippen LogP contribution in [0.4, 0.5) is 0 Å². The van der Waals surface area contributed by atoms with Crippen LogP contribution in [-0.4, -0.2) is 13.0 Å². The van der Waals surface area contributed by atoms with E-state index in [9.17, 15) is 0 Å². The van der Waals surface area contributed by atoms with Crippen LogP contribution in [0.5, 0.6) is 0 Å². The Morgan fingerprint density at radius 1 is 1.16 bits per heavy atom. The lowest BCUT2D eigenvalue weighted by molar-refractivity contribution is 0.384. The van der Waals surface area contributed by atoms with Gasteiger partial charge in [0.15, 0.2) is 5.90 Å². The third-order valence-electron chi connectivity index (χ3n) is 3.64.